The summed E-state index contributed by atoms with van der Waals surface area (Å²) in [4.78, 5) is 29.0. The van der Waals surface area contributed by atoms with Gasteiger partial charge in [-0.1, -0.05) is 48.2 Å². The molecule has 3 aromatic carbocycles. The molecular formula is C28H22N4O6S. The Hall–Kier alpha value is -4.90. The van der Waals surface area contributed by atoms with Crippen molar-refractivity contribution < 1.29 is 23.9 Å². The van der Waals surface area contributed by atoms with Crippen LogP contribution in [-0.4, -0.2) is 47.1 Å². The van der Waals surface area contributed by atoms with Gasteiger partial charge in [0.25, 0.3) is 11.6 Å². The van der Waals surface area contributed by atoms with Crippen LogP contribution in [0.1, 0.15) is 11.1 Å². The average molecular weight is 543 g/mol. The molecular weight excluding hydrogens is 520 g/mol. The molecule has 2 heterocycles. The molecule has 0 saturated carbocycles. The van der Waals surface area contributed by atoms with Crippen molar-refractivity contribution in [1.82, 2.24) is 4.90 Å². The lowest BCUT2D eigenvalue weighted by Gasteiger charge is -2.27. The number of fused-ring (bicyclic) bond motifs is 1. The summed E-state index contributed by atoms with van der Waals surface area (Å²) in [5.74, 6) is 0.977. The summed E-state index contributed by atoms with van der Waals surface area (Å²) in [6.45, 7) is 0.416. The molecule has 0 atom stereocenters. The Kier molecular flexibility index (Phi) is 7.41. The number of amidine groups is 2. The molecule has 0 aliphatic carbocycles. The maximum Gasteiger partial charge on any atom is 0.283 e. The van der Waals surface area contributed by atoms with Gasteiger partial charge in [-0.15, -0.1) is 0 Å². The van der Waals surface area contributed by atoms with E-state index in [9.17, 15) is 14.9 Å². The number of hydrogen-bond donors (Lipinski definition) is 1. The normalized spacial score (nSPS) is 15.5. The molecule has 39 heavy (non-hydrogen) atoms. The lowest BCUT2D eigenvalue weighted by Crippen LogP contribution is -2.38. The minimum atomic E-state index is -0.482. The maximum atomic E-state index is 12.8. The number of benzene rings is 3. The highest BCUT2D eigenvalue weighted by Crippen LogP contribution is 2.37. The Labute approximate surface area is 227 Å². The zero-order valence-corrected chi connectivity index (χ0v) is 21.5. The van der Waals surface area contributed by atoms with Gasteiger partial charge in [-0.3, -0.25) is 25.2 Å². The number of amides is 1. The molecule has 3 aromatic rings. The molecule has 2 aliphatic heterocycles. The van der Waals surface area contributed by atoms with Crippen LogP contribution in [0.5, 0.6) is 17.2 Å². The summed E-state index contributed by atoms with van der Waals surface area (Å²) in [6, 6.07) is 20.6. The molecule has 0 radical (unpaired) electrons. The van der Waals surface area contributed by atoms with Crippen LogP contribution in [0.15, 0.2) is 88.8 Å². The quantitative estimate of drug-likeness (QED) is 0.166. The fourth-order valence-electron chi connectivity index (χ4n) is 3.95. The Balaban J connectivity index is 1.27. The number of nitrogens with one attached hydrogen (secondary N) is 1. The van der Waals surface area contributed by atoms with Crippen LogP contribution in [0, 0.1) is 15.5 Å². The Morgan fingerprint density at radius 1 is 1.03 bits per heavy atom. The molecule has 0 bridgehead atoms. The molecule has 1 amide bonds. The lowest BCUT2D eigenvalue weighted by atomic mass is 10.1. The van der Waals surface area contributed by atoms with E-state index in [1.807, 2.05) is 35.7 Å². The van der Waals surface area contributed by atoms with Crippen molar-refractivity contribution >= 4 is 46.1 Å². The number of rotatable bonds is 9. The second-order valence-corrected chi connectivity index (χ2v) is 9.12. The number of aliphatic imine (C=N–C) groups is 1. The summed E-state index contributed by atoms with van der Waals surface area (Å²) in [7, 11) is 1.51. The number of nitro benzene ring substituents is 1. The van der Waals surface area contributed by atoms with Crippen LogP contribution >= 0.6 is 11.8 Å². The number of nitro groups is 1. The predicted molar refractivity (Wildman–Crippen MR) is 149 cm³/mol. The van der Waals surface area contributed by atoms with Gasteiger partial charge < -0.3 is 14.2 Å². The molecule has 0 fully saturated rings. The van der Waals surface area contributed by atoms with Crippen LogP contribution in [0.2, 0.25) is 0 Å². The van der Waals surface area contributed by atoms with Crippen molar-refractivity contribution in [2.45, 2.75) is 0 Å². The minimum Gasteiger partial charge on any atom is -0.493 e. The van der Waals surface area contributed by atoms with E-state index in [0.717, 1.165) is 11.3 Å². The Morgan fingerprint density at radius 3 is 2.49 bits per heavy atom. The molecule has 5 rings (SSSR count). The van der Waals surface area contributed by atoms with Crippen molar-refractivity contribution in [2.75, 3.05) is 20.3 Å². The highest BCUT2D eigenvalue weighted by atomic mass is 32.2. The van der Waals surface area contributed by atoms with E-state index < -0.39 is 10.8 Å². The van der Waals surface area contributed by atoms with Crippen LogP contribution in [0.3, 0.4) is 0 Å². The lowest BCUT2D eigenvalue weighted by molar-refractivity contribution is -0.384. The highest BCUT2D eigenvalue weighted by molar-refractivity contribution is 8.17. The molecule has 2 aliphatic rings. The van der Waals surface area contributed by atoms with E-state index in [0.29, 0.717) is 28.0 Å². The van der Waals surface area contributed by atoms with Gasteiger partial charge in [0.15, 0.2) is 16.7 Å². The fourth-order valence-corrected chi connectivity index (χ4v) is 4.84. The van der Waals surface area contributed by atoms with E-state index in [1.54, 1.807) is 29.2 Å². The number of hydrogen-bond acceptors (Lipinski definition) is 8. The number of carbonyl (C=O) groups is 1. The van der Waals surface area contributed by atoms with Crippen molar-refractivity contribution in [3.05, 3.63) is 105 Å². The zero-order chi connectivity index (χ0) is 27.4. The van der Waals surface area contributed by atoms with Gasteiger partial charge >= 0.3 is 0 Å². The smallest absolute Gasteiger partial charge is 0.283 e. The molecule has 0 aromatic heterocycles. The summed E-state index contributed by atoms with van der Waals surface area (Å²) in [6.07, 6.45) is 1.61. The van der Waals surface area contributed by atoms with Gasteiger partial charge in [0.05, 0.1) is 23.3 Å². The average Bonchev–Trinajstić information content (AvgIpc) is 3.38. The molecule has 1 N–H and O–H groups in total. The third kappa shape index (κ3) is 5.53. The van der Waals surface area contributed by atoms with Gasteiger partial charge in [0, 0.05) is 17.5 Å². The molecule has 0 spiro atoms. The molecule has 0 unspecified atom stereocenters. The minimum absolute atomic E-state index is 0.0110. The first-order valence-electron chi connectivity index (χ1n) is 11.8. The number of non-ortho nitro benzene ring substituents is 1. The van der Waals surface area contributed by atoms with Crippen LogP contribution in [0.4, 0.5) is 5.69 Å². The first-order valence-corrected chi connectivity index (χ1v) is 12.7. The molecule has 10 nitrogen and oxygen atoms in total. The standard InChI is InChI=1S/C28H22N4O6S/c1-36-25-16-18(7-12-24(25)38-14-13-37-21-10-8-20(9-11-21)32(34)35)15-22-26(29)31-23(19-5-3-2-4-6-19)17-39-28(31)30-27(22)33/h2-12,15-17,29H,13-14H2,1H3/b22-15-,29-26?. The van der Waals surface area contributed by atoms with Crippen LogP contribution < -0.4 is 14.2 Å². The first kappa shape index (κ1) is 25.7. The van der Waals surface area contributed by atoms with Gasteiger partial charge in [-0.2, -0.15) is 4.99 Å². The van der Waals surface area contributed by atoms with E-state index in [2.05, 4.69) is 4.99 Å². The predicted octanol–water partition coefficient (Wildman–Crippen LogP) is 5.37. The van der Waals surface area contributed by atoms with Crippen molar-refractivity contribution in [3.8, 4) is 17.2 Å². The van der Waals surface area contributed by atoms with Crippen molar-refractivity contribution in [3.63, 3.8) is 0 Å². The monoisotopic (exact) mass is 542 g/mol. The Bertz CT molecular complexity index is 1530. The summed E-state index contributed by atoms with van der Waals surface area (Å²) < 4.78 is 16.8. The number of nitrogens with zero attached hydrogens (tertiary/aromatic N) is 3. The molecule has 196 valence electrons. The third-order valence-electron chi connectivity index (χ3n) is 5.84. The van der Waals surface area contributed by atoms with Crippen LogP contribution in [-0.2, 0) is 4.79 Å². The number of ether oxygens (including phenoxy) is 3. The second-order valence-electron chi connectivity index (χ2n) is 8.29. The van der Waals surface area contributed by atoms with Gasteiger partial charge in [-0.25, -0.2) is 0 Å². The summed E-state index contributed by atoms with van der Waals surface area (Å²) >= 11 is 1.31. The van der Waals surface area contributed by atoms with Gasteiger partial charge in [-0.05, 0) is 41.5 Å². The highest BCUT2D eigenvalue weighted by Gasteiger charge is 2.36. The fraction of sp³-hybridized carbons (Fsp3) is 0.107. The van der Waals surface area contributed by atoms with E-state index >= 15 is 0 Å². The maximum absolute atomic E-state index is 12.8. The first-order chi connectivity index (χ1) is 18.9. The van der Waals surface area contributed by atoms with Crippen molar-refractivity contribution in [1.29, 1.82) is 5.41 Å². The third-order valence-corrected chi connectivity index (χ3v) is 6.67. The zero-order valence-electron chi connectivity index (χ0n) is 20.7. The van der Waals surface area contributed by atoms with Crippen molar-refractivity contribution in [2.24, 2.45) is 4.99 Å². The van der Waals surface area contributed by atoms with Gasteiger partial charge in [0.2, 0.25) is 0 Å². The van der Waals surface area contributed by atoms with E-state index in [1.165, 1.54) is 43.1 Å². The second kappa shape index (κ2) is 11.2. The van der Waals surface area contributed by atoms with E-state index in [-0.39, 0.29) is 30.3 Å². The number of thioether (sulfide) groups is 1. The molecule has 0 saturated heterocycles. The summed E-state index contributed by atoms with van der Waals surface area (Å²) in [5.41, 5.74) is 2.51. The summed E-state index contributed by atoms with van der Waals surface area (Å²) in [5, 5.41) is 21.9. The molecule has 11 heteroatoms. The topological polar surface area (TPSA) is 127 Å². The number of methoxy groups -OCH3 is 1. The SMILES string of the molecule is COc1cc(/C=C2/C(=N)N3C(c4ccccc4)=CSC3=NC2=O)ccc1OCCOc1ccc([N+](=O)[O-])cc1. The van der Waals surface area contributed by atoms with E-state index in [4.69, 9.17) is 19.6 Å². The van der Waals surface area contributed by atoms with Crippen LogP contribution in [0.25, 0.3) is 11.8 Å². The largest absolute Gasteiger partial charge is 0.493 e. The van der Waals surface area contributed by atoms with Gasteiger partial charge in [0.1, 0.15) is 24.8 Å². The Morgan fingerprint density at radius 2 is 1.77 bits per heavy atom. The number of carbonyl (C=O) groups excluding carboxylic acids is 1.